The normalized spacial score (nSPS) is 10.1. The van der Waals surface area contributed by atoms with Crippen LogP contribution in [-0.2, 0) is 0 Å². The number of amides is 1. The lowest BCUT2D eigenvalue weighted by Crippen LogP contribution is -2.29. The summed E-state index contributed by atoms with van der Waals surface area (Å²) in [6.45, 7) is -0.107. The quantitative estimate of drug-likeness (QED) is 0.877. The number of hydrogen-bond donors (Lipinski definition) is 1. The van der Waals surface area contributed by atoms with Crippen LogP contribution in [0.4, 0.5) is 0 Å². The number of Topliss-reactive ketones (excluding diaryl/α,β-unsaturated/α-hetero) is 1. The fraction of sp³-hybridized carbons (Fsp3) is 0.0667. The van der Waals surface area contributed by atoms with Gasteiger partial charge in [0.25, 0.3) is 5.91 Å². The molecule has 1 N–H and O–H groups in total. The van der Waals surface area contributed by atoms with Gasteiger partial charge in [0, 0.05) is 10.6 Å². The van der Waals surface area contributed by atoms with Gasteiger partial charge >= 0.3 is 0 Å². The molecule has 2 aromatic rings. The molecule has 0 saturated heterocycles. The molecule has 0 heterocycles. The van der Waals surface area contributed by atoms with Gasteiger partial charge in [0.05, 0.1) is 17.1 Å². The van der Waals surface area contributed by atoms with E-state index in [0.29, 0.717) is 21.2 Å². The second kappa shape index (κ2) is 6.55. The van der Waals surface area contributed by atoms with Gasteiger partial charge in [-0.25, -0.2) is 0 Å². The lowest BCUT2D eigenvalue weighted by molar-refractivity contribution is 0.0904. The van der Waals surface area contributed by atoms with E-state index in [4.69, 9.17) is 23.2 Å². The van der Waals surface area contributed by atoms with Gasteiger partial charge in [-0.1, -0.05) is 47.5 Å². The fourth-order valence-corrected chi connectivity index (χ4v) is 2.08. The van der Waals surface area contributed by atoms with E-state index >= 15 is 0 Å². The predicted molar refractivity (Wildman–Crippen MR) is 79.6 cm³/mol. The Kier molecular flexibility index (Phi) is 4.77. The Bertz CT molecular complexity index is 656. The van der Waals surface area contributed by atoms with E-state index < -0.39 is 0 Å². The molecule has 102 valence electrons. The second-order valence-corrected chi connectivity index (χ2v) is 4.94. The van der Waals surface area contributed by atoms with Gasteiger partial charge in [0.2, 0.25) is 0 Å². The Morgan fingerprint density at radius 2 is 1.75 bits per heavy atom. The molecule has 3 nitrogen and oxygen atoms in total. The molecule has 20 heavy (non-hydrogen) atoms. The molecule has 2 rings (SSSR count). The second-order valence-electron chi connectivity index (χ2n) is 4.10. The molecule has 0 bridgehead atoms. The van der Waals surface area contributed by atoms with Crippen LogP contribution in [0.15, 0.2) is 48.5 Å². The Balaban J connectivity index is 2.01. The average Bonchev–Trinajstić information content (AvgIpc) is 2.45. The topological polar surface area (TPSA) is 46.2 Å². The van der Waals surface area contributed by atoms with E-state index in [1.54, 1.807) is 48.5 Å². The molecule has 0 aromatic heterocycles. The van der Waals surface area contributed by atoms with E-state index in [-0.39, 0.29) is 18.2 Å². The van der Waals surface area contributed by atoms with Crippen molar-refractivity contribution in [1.29, 1.82) is 0 Å². The molecule has 0 radical (unpaired) electrons. The van der Waals surface area contributed by atoms with Crippen molar-refractivity contribution in [2.45, 2.75) is 0 Å². The third-order valence-corrected chi connectivity index (χ3v) is 3.24. The molecule has 0 aliphatic heterocycles. The maximum Gasteiger partial charge on any atom is 0.253 e. The zero-order valence-corrected chi connectivity index (χ0v) is 11.9. The Morgan fingerprint density at radius 3 is 2.45 bits per heavy atom. The van der Waals surface area contributed by atoms with Crippen LogP contribution in [0.5, 0.6) is 0 Å². The lowest BCUT2D eigenvalue weighted by Gasteiger charge is -2.06. The van der Waals surface area contributed by atoms with E-state index in [1.165, 1.54) is 0 Å². The number of hydrogen-bond acceptors (Lipinski definition) is 2. The molecule has 0 aliphatic carbocycles. The summed E-state index contributed by atoms with van der Waals surface area (Å²) in [6, 6.07) is 13.2. The van der Waals surface area contributed by atoms with E-state index in [2.05, 4.69) is 5.32 Å². The SMILES string of the molecule is O=C(CNC(=O)c1ccccc1Cl)c1cccc(Cl)c1. The molecular weight excluding hydrogens is 297 g/mol. The number of halogens is 2. The summed E-state index contributed by atoms with van der Waals surface area (Å²) in [5.74, 6) is -0.598. The summed E-state index contributed by atoms with van der Waals surface area (Å²) in [5, 5.41) is 3.37. The third kappa shape index (κ3) is 3.59. The summed E-state index contributed by atoms with van der Waals surface area (Å²) in [7, 11) is 0. The van der Waals surface area contributed by atoms with Crippen molar-refractivity contribution >= 4 is 34.9 Å². The van der Waals surface area contributed by atoms with Crippen molar-refractivity contribution < 1.29 is 9.59 Å². The van der Waals surface area contributed by atoms with Crippen molar-refractivity contribution in [3.63, 3.8) is 0 Å². The maximum absolute atomic E-state index is 11.9. The van der Waals surface area contributed by atoms with E-state index in [1.807, 2.05) is 0 Å². The Labute approximate surface area is 126 Å². The molecule has 2 aromatic carbocycles. The van der Waals surface area contributed by atoms with Crippen LogP contribution < -0.4 is 5.32 Å². The molecule has 0 unspecified atom stereocenters. The van der Waals surface area contributed by atoms with Crippen molar-refractivity contribution in [3.8, 4) is 0 Å². The molecule has 0 spiro atoms. The van der Waals surface area contributed by atoms with Crippen LogP contribution in [0.25, 0.3) is 0 Å². The molecule has 5 heteroatoms. The minimum Gasteiger partial charge on any atom is -0.345 e. The lowest BCUT2D eigenvalue weighted by atomic mass is 10.1. The number of nitrogens with one attached hydrogen (secondary N) is 1. The fourth-order valence-electron chi connectivity index (χ4n) is 1.67. The highest BCUT2D eigenvalue weighted by atomic mass is 35.5. The number of ketones is 1. The number of rotatable bonds is 4. The third-order valence-electron chi connectivity index (χ3n) is 2.67. The van der Waals surface area contributed by atoms with E-state index in [0.717, 1.165) is 0 Å². The van der Waals surface area contributed by atoms with E-state index in [9.17, 15) is 9.59 Å². The first-order valence-electron chi connectivity index (χ1n) is 5.89. The highest BCUT2D eigenvalue weighted by Gasteiger charge is 2.12. The van der Waals surface area contributed by atoms with Gasteiger partial charge < -0.3 is 5.32 Å². The Morgan fingerprint density at radius 1 is 1.00 bits per heavy atom. The standard InChI is InChI=1S/C15H11Cl2NO2/c16-11-5-3-4-10(8-11)14(19)9-18-15(20)12-6-1-2-7-13(12)17/h1-8H,9H2,(H,18,20). The van der Waals surface area contributed by atoms with Crippen LogP contribution in [0, 0.1) is 0 Å². The number of benzene rings is 2. The predicted octanol–water partition coefficient (Wildman–Crippen LogP) is 3.61. The minimum atomic E-state index is -0.383. The first kappa shape index (κ1) is 14.6. The van der Waals surface area contributed by atoms with Crippen molar-refractivity contribution in [3.05, 3.63) is 69.7 Å². The first-order valence-corrected chi connectivity index (χ1v) is 6.65. The van der Waals surface area contributed by atoms with Crippen LogP contribution in [0.1, 0.15) is 20.7 Å². The first-order chi connectivity index (χ1) is 9.58. The van der Waals surface area contributed by atoms with Crippen LogP contribution in [0.2, 0.25) is 10.0 Å². The molecule has 1 amide bonds. The summed E-state index contributed by atoms with van der Waals surface area (Å²) in [6.07, 6.45) is 0. The molecule has 0 aliphatic rings. The molecule has 0 atom stereocenters. The zero-order chi connectivity index (χ0) is 14.5. The number of carbonyl (C=O) groups excluding carboxylic acids is 2. The summed E-state index contributed by atoms with van der Waals surface area (Å²) in [5.41, 5.74) is 0.796. The molecule has 0 saturated carbocycles. The van der Waals surface area contributed by atoms with Gasteiger partial charge in [0.15, 0.2) is 5.78 Å². The maximum atomic E-state index is 11.9. The summed E-state index contributed by atoms with van der Waals surface area (Å²) < 4.78 is 0. The minimum absolute atomic E-state index is 0.107. The smallest absolute Gasteiger partial charge is 0.253 e. The zero-order valence-electron chi connectivity index (χ0n) is 10.4. The highest BCUT2D eigenvalue weighted by Crippen LogP contribution is 2.14. The van der Waals surface area contributed by atoms with Crippen molar-refractivity contribution in [1.82, 2.24) is 5.32 Å². The average molecular weight is 308 g/mol. The van der Waals surface area contributed by atoms with Crippen LogP contribution in [-0.4, -0.2) is 18.2 Å². The van der Waals surface area contributed by atoms with Gasteiger partial charge in [-0.15, -0.1) is 0 Å². The Hall–Kier alpha value is -1.84. The highest BCUT2D eigenvalue weighted by molar-refractivity contribution is 6.33. The van der Waals surface area contributed by atoms with Gasteiger partial charge in [0.1, 0.15) is 0 Å². The van der Waals surface area contributed by atoms with Gasteiger partial charge in [-0.2, -0.15) is 0 Å². The van der Waals surface area contributed by atoms with Crippen molar-refractivity contribution in [2.24, 2.45) is 0 Å². The van der Waals surface area contributed by atoms with Gasteiger partial charge in [-0.3, -0.25) is 9.59 Å². The largest absolute Gasteiger partial charge is 0.345 e. The molecule has 0 fully saturated rings. The van der Waals surface area contributed by atoms with Crippen LogP contribution in [0.3, 0.4) is 0 Å². The van der Waals surface area contributed by atoms with Crippen molar-refractivity contribution in [2.75, 3.05) is 6.54 Å². The summed E-state index contributed by atoms with van der Waals surface area (Å²) >= 11 is 11.7. The monoisotopic (exact) mass is 307 g/mol. The molecular formula is C15H11Cl2NO2. The van der Waals surface area contributed by atoms with Gasteiger partial charge in [-0.05, 0) is 24.3 Å². The summed E-state index contributed by atoms with van der Waals surface area (Å²) in [4.78, 5) is 23.8. The van der Waals surface area contributed by atoms with Crippen LogP contribution >= 0.6 is 23.2 Å². The number of carbonyl (C=O) groups is 2.